The summed E-state index contributed by atoms with van der Waals surface area (Å²) in [6.07, 6.45) is -8.79. The van der Waals surface area contributed by atoms with Crippen LogP contribution in [0.2, 0.25) is 0 Å². The molecule has 0 saturated carbocycles. The molecule has 10 heteroatoms. The topological polar surface area (TPSA) is 199 Å². The van der Waals surface area contributed by atoms with E-state index in [-0.39, 0.29) is 13.2 Å². The lowest BCUT2D eigenvalue weighted by atomic mass is 10.0. The van der Waals surface area contributed by atoms with Gasteiger partial charge < -0.3 is 46.0 Å². The summed E-state index contributed by atoms with van der Waals surface area (Å²) in [5.74, 6) is -1.73. The molecule has 19 heavy (non-hydrogen) atoms. The second kappa shape index (κ2) is 11.0. The molecule has 116 valence electrons. The normalized spacial score (nSPS) is 17.1. The van der Waals surface area contributed by atoms with Gasteiger partial charge in [0.1, 0.15) is 24.4 Å². The number of hydrogen-bond acceptors (Lipinski definition) is 9. The second-order valence-corrected chi connectivity index (χ2v) is 3.53. The minimum Gasteiger partial charge on any atom is -0.479 e. The van der Waals surface area contributed by atoms with E-state index < -0.39 is 43.1 Å². The van der Waals surface area contributed by atoms with Crippen LogP contribution < -0.4 is 0 Å². The predicted octanol–water partition coefficient (Wildman–Crippen LogP) is -5.16. The zero-order chi connectivity index (χ0) is 15.6. The van der Waals surface area contributed by atoms with Gasteiger partial charge >= 0.3 is 5.97 Å². The lowest BCUT2D eigenvalue weighted by Gasteiger charge is -2.23. The van der Waals surface area contributed by atoms with E-state index in [1.807, 2.05) is 0 Å². The second-order valence-electron chi connectivity index (χ2n) is 3.53. The Bertz CT molecular complexity index is 231. The first kappa shape index (κ1) is 20.5. The van der Waals surface area contributed by atoms with Crippen LogP contribution in [0.25, 0.3) is 0 Å². The highest BCUT2D eigenvalue weighted by atomic mass is 16.4. The first-order chi connectivity index (χ1) is 8.72. The Morgan fingerprint density at radius 3 is 1.42 bits per heavy atom. The van der Waals surface area contributed by atoms with Crippen LogP contribution in [-0.4, -0.2) is 102 Å². The van der Waals surface area contributed by atoms with E-state index in [2.05, 4.69) is 0 Å². The first-order valence-corrected chi connectivity index (χ1v) is 5.18. The molecule has 0 fully saturated rings. The number of aliphatic carboxylic acids is 1. The van der Waals surface area contributed by atoms with E-state index >= 15 is 0 Å². The van der Waals surface area contributed by atoms with E-state index in [0.717, 1.165) is 0 Å². The minimum absolute atomic E-state index is 0.365. The highest BCUT2D eigenvalue weighted by Crippen LogP contribution is 2.04. The summed E-state index contributed by atoms with van der Waals surface area (Å²) >= 11 is 0. The van der Waals surface area contributed by atoms with Gasteiger partial charge in [-0.2, -0.15) is 0 Å². The van der Waals surface area contributed by atoms with Crippen molar-refractivity contribution in [1.82, 2.24) is 0 Å². The molecule has 0 unspecified atom stereocenters. The molecule has 0 amide bonds. The van der Waals surface area contributed by atoms with Gasteiger partial charge in [0, 0.05) is 0 Å². The maximum absolute atomic E-state index is 10.1. The lowest BCUT2D eigenvalue weighted by Crippen LogP contribution is -2.48. The van der Waals surface area contributed by atoms with Crippen molar-refractivity contribution in [1.29, 1.82) is 0 Å². The smallest absolute Gasteiger partial charge is 0.335 e. The van der Waals surface area contributed by atoms with E-state index in [1.165, 1.54) is 0 Å². The molecule has 10 nitrogen and oxygen atoms in total. The van der Waals surface area contributed by atoms with Crippen LogP contribution in [0.5, 0.6) is 0 Å². The van der Waals surface area contributed by atoms with Gasteiger partial charge in [0.2, 0.25) is 0 Å². The molecule has 0 saturated heterocycles. The zero-order valence-electron chi connectivity index (χ0n) is 9.94. The van der Waals surface area contributed by atoms with E-state index in [0.29, 0.717) is 0 Å². The lowest BCUT2D eigenvalue weighted by molar-refractivity contribution is -0.164. The van der Waals surface area contributed by atoms with Crippen molar-refractivity contribution in [3.05, 3.63) is 0 Å². The molecule has 4 atom stereocenters. The van der Waals surface area contributed by atoms with Crippen LogP contribution in [0.1, 0.15) is 0 Å². The molecule has 0 bridgehead atoms. The van der Waals surface area contributed by atoms with Gasteiger partial charge in [-0.25, -0.2) is 4.79 Å². The molecule has 9 N–H and O–H groups in total. The summed E-state index contributed by atoms with van der Waals surface area (Å²) in [5.41, 5.74) is 0. The SMILES string of the molecule is O=C(O)[C@H](O)[C@@H](O)[C@H](O)[C@H](O)CO.OCC(O)CO. The zero-order valence-corrected chi connectivity index (χ0v) is 9.94. The fraction of sp³-hybridized carbons (Fsp3) is 0.889. The number of carbonyl (C=O) groups is 1. The molecule has 0 aliphatic heterocycles. The average Bonchev–Trinajstić information content (AvgIpc) is 2.43. The van der Waals surface area contributed by atoms with E-state index in [1.54, 1.807) is 0 Å². The summed E-state index contributed by atoms with van der Waals surface area (Å²) in [5, 5.41) is 75.8. The molecule has 0 aliphatic rings. The maximum Gasteiger partial charge on any atom is 0.335 e. The molecule has 0 aliphatic carbocycles. The van der Waals surface area contributed by atoms with Gasteiger partial charge in [-0.3, -0.25) is 0 Å². The van der Waals surface area contributed by atoms with Crippen molar-refractivity contribution < 1.29 is 50.8 Å². The molecule has 0 aromatic heterocycles. The van der Waals surface area contributed by atoms with Crippen molar-refractivity contribution in [2.45, 2.75) is 30.5 Å². The number of hydrogen-bond donors (Lipinski definition) is 9. The van der Waals surface area contributed by atoms with Crippen LogP contribution in [-0.2, 0) is 4.79 Å². The highest BCUT2D eigenvalue weighted by Gasteiger charge is 2.33. The van der Waals surface area contributed by atoms with Crippen molar-refractivity contribution in [2.75, 3.05) is 19.8 Å². The molecule has 0 aromatic carbocycles. The Labute approximate surface area is 108 Å². The number of carboxylic acids is 1. The Kier molecular flexibility index (Phi) is 11.9. The van der Waals surface area contributed by atoms with Crippen LogP contribution >= 0.6 is 0 Å². The molecule has 0 aromatic rings. The largest absolute Gasteiger partial charge is 0.479 e. The first-order valence-electron chi connectivity index (χ1n) is 5.18. The summed E-state index contributed by atoms with van der Waals surface area (Å²) in [4.78, 5) is 10.1. The average molecular weight is 288 g/mol. The molecular weight excluding hydrogens is 268 g/mol. The van der Waals surface area contributed by atoms with Gasteiger partial charge in [0.05, 0.1) is 19.8 Å². The minimum atomic E-state index is -2.20. The summed E-state index contributed by atoms with van der Waals surface area (Å²) in [7, 11) is 0. The van der Waals surface area contributed by atoms with Crippen LogP contribution in [0.4, 0.5) is 0 Å². The number of aliphatic hydroxyl groups is 8. The molecule has 0 heterocycles. The van der Waals surface area contributed by atoms with Crippen LogP contribution in [0.3, 0.4) is 0 Å². The summed E-state index contributed by atoms with van der Waals surface area (Å²) in [6.45, 7) is -1.57. The van der Waals surface area contributed by atoms with Crippen molar-refractivity contribution in [3.63, 3.8) is 0 Å². The van der Waals surface area contributed by atoms with Crippen molar-refractivity contribution >= 4 is 5.97 Å². The molecular formula is C9H20O10. The Hall–Kier alpha value is -0.850. The fourth-order valence-corrected chi connectivity index (χ4v) is 0.726. The fourth-order valence-electron chi connectivity index (χ4n) is 0.726. The monoisotopic (exact) mass is 288 g/mol. The highest BCUT2D eigenvalue weighted by molar-refractivity contribution is 5.72. The third kappa shape index (κ3) is 8.80. The Morgan fingerprint density at radius 1 is 0.789 bits per heavy atom. The van der Waals surface area contributed by atoms with Gasteiger partial charge in [-0.1, -0.05) is 0 Å². The molecule has 0 spiro atoms. The third-order valence-corrected chi connectivity index (χ3v) is 1.93. The van der Waals surface area contributed by atoms with Crippen molar-refractivity contribution in [2.24, 2.45) is 0 Å². The number of aliphatic hydroxyl groups excluding tert-OH is 8. The van der Waals surface area contributed by atoms with Gasteiger partial charge in [-0.15, -0.1) is 0 Å². The molecule has 0 rings (SSSR count). The van der Waals surface area contributed by atoms with Crippen LogP contribution in [0, 0.1) is 0 Å². The maximum atomic E-state index is 10.1. The van der Waals surface area contributed by atoms with E-state index in [9.17, 15) is 4.79 Å². The van der Waals surface area contributed by atoms with E-state index in [4.69, 9.17) is 46.0 Å². The van der Waals surface area contributed by atoms with Crippen molar-refractivity contribution in [3.8, 4) is 0 Å². The Balaban J connectivity index is 0. The third-order valence-electron chi connectivity index (χ3n) is 1.93. The standard InChI is InChI=1S/C6H12O7.C3H8O3/c7-1-2(8)3(9)4(10)5(11)6(12)13;4-1-3(6)2-5/h2-5,7-11H,1H2,(H,12,13);3-6H,1-2H2/t2-,3-,4+,5-;/m1./s1. The predicted molar refractivity (Wildman–Crippen MR) is 58.9 cm³/mol. The Morgan fingerprint density at radius 2 is 1.21 bits per heavy atom. The van der Waals surface area contributed by atoms with Crippen LogP contribution in [0.15, 0.2) is 0 Å². The summed E-state index contributed by atoms with van der Waals surface area (Å²) in [6, 6.07) is 0. The van der Waals surface area contributed by atoms with Gasteiger partial charge in [0.15, 0.2) is 6.10 Å². The number of rotatable bonds is 7. The summed E-state index contributed by atoms with van der Waals surface area (Å²) < 4.78 is 0. The molecule has 0 radical (unpaired) electrons. The van der Waals surface area contributed by atoms with Gasteiger partial charge in [0.25, 0.3) is 0 Å². The van der Waals surface area contributed by atoms with Gasteiger partial charge in [-0.05, 0) is 0 Å². The number of carboxylic acid groups (broad SMARTS) is 1. The quantitative estimate of drug-likeness (QED) is 0.218.